The van der Waals surface area contributed by atoms with Gasteiger partial charge < -0.3 is 4.74 Å². The zero-order valence-corrected chi connectivity index (χ0v) is 11.6. The van der Waals surface area contributed by atoms with Crippen LogP contribution in [0.4, 0.5) is 0 Å². The number of allylic oxidation sites excluding steroid dienone is 1. The van der Waals surface area contributed by atoms with Gasteiger partial charge in [0.25, 0.3) is 0 Å². The Morgan fingerprint density at radius 3 is 2.60 bits per heavy atom. The minimum Gasteiger partial charge on any atom is -0.466 e. The lowest BCUT2D eigenvalue weighted by atomic mass is 10.3. The van der Waals surface area contributed by atoms with Crippen molar-refractivity contribution in [1.82, 2.24) is 0 Å². The zero-order chi connectivity index (χ0) is 11.2. The summed E-state index contributed by atoms with van der Waals surface area (Å²) in [6.07, 6.45) is 2.34. The molecule has 0 saturated heterocycles. The zero-order valence-electron chi connectivity index (χ0n) is 9.74. The van der Waals surface area contributed by atoms with Crippen molar-refractivity contribution in [2.45, 2.75) is 31.8 Å². The van der Waals surface area contributed by atoms with Gasteiger partial charge in [-0.1, -0.05) is 25.7 Å². The van der Waals surface area contributed by atoms with Gasteiger partial charge in [-0.3, -0.25) is 4.79 Å². The number of hydrogen-bond acceptors (Lipinski definition) is 3. The second-order valence-corrected chi connectivity index (χ2v) is 11.8. The molecule has 1 aliphatic heterocycles. The number of carbonyl (C=O) groups excluding carboxylic acids is 1. The fourth-order valence-corrected chi connectivity index (χ4v) is 5.77. The van der Waals surface area contributed by atoms with E-state index in [0.29, 0.717) is 17.8 Å². The van der Waals surface area contributed by atoms with Crippen molar-refractivity contribution in [3.8, 4) is 0 Å². The first-order valence-electron chi connectivity index (χ1n) is 5.50. The first kappa shape index (κ1) is 11.3. The van der Waals surface area contributed by atoms with Crippen LogP contribution in [0.5, 0.6) is 0 Å². The van der Waals surface area contributed by atoms with Crippen LogP contribution in [0.1, 0.15) is 6.92 Å². The number of rotatable bonds is 3. The van der Waals surface area contributed by atoms with Crippen molar-refractivity contribution < 1.29 is 9.53 Å². The summed E-state index contributed by atoms with van der Waals surface area (Å²) in [6, 6.07) is 0. The first-order chi connectivity index (χ1) is 6.95. The third kappa shape index (κ3) is 2.02. The molecular weight excluding hydrogens is 224 g/mol. The van der Waals surface area contributed by atoms with Crippen molar-refractivity contribution in [3.63, 3.8) is 0 Å². The van der Waals surface area contributed by atoms with Crippen LogP contribution in [0.25, 0.3) is 0 Å². The van der Waals surface area contributed by atoms with Crippen LogP contribution in [0.3, 0.4) is 0 Å². The Labute approximate surface area is 96.5 Å². The predicted octanol–water partition coefficient (Wildman–Crippen LogP) is 2.67. The van der Waals surface area contributed by atoms with E-state index in [1.807, 2.05) is 18.7 Å². The molecule has 1 saturated carbocycles. The normalized spacial score (nSPS) is 33.3. The summed E-state index contributed by atoms with van der Waals surface area (Å²) in [7, 11) is -1.15. The average Bonchev–Trinajstić information content (AvgIpc) is 2.60. The molecule has 1 aliphatic carbocycles. The maximum Gasteiger partial charge on any atom is 0.310 e. The molecule has 0 radical (unpaired) electrons. The lowest BCUT2D eigenvalue weighted by molar-refractivity contribution is -0.144. The Morgan fingerprint density at radius 1 is 1.53 bits per heavy atom. The van der Waals surface area contributed by atoms with E-state index in [1.54, 1.807) is 4.53 Å². The molecule has 1 fully saturated rings. The number of fused-ring (bicyclic) bond motifs is 1. The quantitative estimate of drug-likeness (QED) is 0.562. The molecule has 4 heteroatoms. The number of esters is 1. The topological polar surface area (TPSA) is 26.3 Å². The Balaban J connectivity index is 1.97. The SMILES string of the molecule is CCOC(=O)[C@@H]1[C@H]2C=C([Si](C)(C)C)S[C@H]21. The highest BCUT2D eigenvalue weighted by Gasteiger charge is 2.59. The molecule has 2 rings (SSSR count). The highest BCUT2D eigenvalue weighted by Crippen LogP contribution is 2.59. The second kappa shape index (κ2) is 3.66. The van der Waals surface area contributed by atoms with E-state index in [1.165, 1.54) is 0 Å². The molecule has 3 atom stereocenters. The van der Waals surface area contributed by atoms with E-state index in [9.17, 15) is 4.79 Å². The van der Waals surface area contributed by atoms with Gasteiger partial charge in [-0.2, -0.15) is 0 Å². The van der Waals surface area contributed by atoms with E-state index in [2.05, 4.69) is 25.7 Å². The summed E-state index contributed by atoms with van der Waals surface area (Å²) in [6.45, 7) is 9.44. The Hall–Kier alpha value is -0.223. The van der Waals surface area contributed by atoms with E-state index in [0.717, 1.165) is 0 Å². The van der Waals surface area contributed by atoms with E-state index >= 15 is 0 Å². The van der Waals surface area contributed by atoms with Gasteiger partial charge in [-0.15, -0.1) is 11.8 Å². The largest absolute Gasteiger partial charge is 0.466 e. The number of carbonyl (C=O) groups is 1. The summed E-state index contributed by atoms with van der Waals surface area (Å²) >= 11 is 1.93. The molecule has 0 aromatic carbocycles. The van der Waals surface area contributed by atoms with Crippen LogP contribution < -0.4 is 0 Å². The standard InChI is InChI=1S/C11H18O2SSi/c1-5-13-11(12)9-7-6-8(14-10(7)9)15(2,3)4/h6-7,9-10H,5H2,1-4H3/t7-,9-,10-/m1/s1. The maximum atomic E-state index is 11.5. The molecule has 84 valence electrons. The molecule has 1 heterocycles. The summed E-state index contributed by atoms with van der Waals surface area (Å²) in [5, 5.41) is 0.505. The summed E-state index contributed by atoms with van der Waals surface area (Å²) in [4.78, 5) is 11.5. The summed E-state index contributed by atoms with van der Waals surface area (Å²) in [5.41, 5.74) is 0. The molecule has 0 aromatic heterocycles. The lowest BCUT2D eigenvalue weighted by Gasteiger charge is -2.18. The van der Waals surface area contributed by atoms with Gasteiger partial charge in [0, 0.05) is 11.2 Å². The van der Waals surface area contributed by atoms with Crippen molar-refractivity contribution in [3.05, 3.63) is 10.6 Å². The Morgan fingerprint density at radius 2 is 2.20 bits per heavy atom. The number of hydrogen-bond donors (Lipinski definition) is 0. The van der Waals surface area contributed by atoms with Gasteiger partial charge in [0.15, 0.2) is 0 Å². The Bertz CT molecular complexity index is 319. The molecule has 0 unspecified atom stereocenters. The van der Waals surface area contributed by atoms with Gasteiger partial charge in [0.05, 0.1) is 20.6 Å². The summed E-state index contributed by atoms with van der Waals surface area (Å²) < 4.78 is 6.62. The highest BCUT2D eigenvalue weighted by atomic mass is 32.2. The second-order valence-electron chi connectivity index (χ2n) is 5.22. The third-order valence-corrected chi connectivity index (χ3v) is 8.02. The van der Waals surface area contributed by atoms with Gasteiger partial charge in [-0.25, -0.2) is 0 Å². The molecule has 0 aromatic rings. The molecule has 0 amide bonds. The van der Waals surface area contributed by atoms with Gasteiger partial charge >= 0.3 is 5.97 Å². The van der Waals surface area contributed by atoms with E-state index in [-0.39, 0.29) is 11.9 Å². The van der Waals surface area contributed by atoms with Gasteiger partial charge in [0.1, 0.15) is 0 Å². The highest BCUT2D eigenvalue weighted by molar-refractivity contribution is 8.06. The average molecular weight is 242 g/mol. The van der Waals surface area contributed by atoms with Crippen LogP contribution in [-0.4, -0.2) is 25.9 Å². The van der Waals surface area contributed by atoms with Crippen molar-refractivity contribution in [2.24, 2.45) is 11.8 Å². The monoisotopic (exact) mass is 242 g/mol. The van der Waals surface area contributed by atoms with Crippen molar-refractivity contribution in [1.29, 1.82) is 0 Å². The van der Waals surface area contributed by atoms with E-state index in [4.69, 9.17) is 4.74 Å². The van der Waals surface area contributed by atoms with Crippen LogP contribution in [0, 0.1) is 11.8 Å². The molecule has 0 spiro atoms. The fourth-order valence-electron chi connectivity index (χ4n) is 1.97. The number of ether oxygens (including phenoxy) is 1. The van der Waals surface area contributed by atoms with Crippen LogP contribution in [-0.2, 0) is 9.53 Å². The molecule has 15 heavy (non-hydrogen) atoms. The van der Waals surface area contributed by atoms with Gasteiger partial charge in [0.2, 0.25) is 0 Å². The van der Waals surface area contributed by atoms with Crippen molar-refractivity contribution >= 4 is 25.8 Å². The predicted molar refractivity (Wildman–Crippen MR) is 66.4 cm³/mol. The smallest absolute Gasteiger partial charge is 0.310 e. The lowest BCUT2D eigenvalue weighted by Crippen LogP contribution is -2.22. The third-order valence-electron chi connectivity index (χ3n) is 2.91. The van der Waals surface area contributed by atoms with Crippen molar-refractivity contribution in [2.75, 3.05) is 6.61 Å². The summed E-state index contributed by atoms with van der Waals surface area (Å²) in [5.74, 6) is 0.650. The van der Waals surface area contributed by atoms with Gasteiger partial charge in [-0.05, 0) is 11.5 Å². The minimum absolute atomic E-state index is 0.00544. The minimum atomic E-state index is -1.15. The molecule has 2 aliphatic rings. The molecule has 0 bridgehead atoms. The Kier molecular flexibility index (Phi) is 2.75. The van der Waals surface area contributed by atoms with Crippen LogP contribution in [0.2, 0.25) is 19.6 Å². The van der Waals surface area contributed by atoms with Crippen LogP contribution in [0.15, 0.2) is 10.6 Å². The first-order valence-corrected chi connectivity index (χ1v) is 9.88. The number of thioether (sulfide) groups is 1. The van der Waals surface area contributed by atoms with Crippen LogP contribution >= 0.6 is 11.8 Å². The fraction of sp³-hybridized carbons (Fsp3) is 0.727. The molecule has 2 nitrogen and oxygen atoms in total. The molecular formula is C11H18O2SSi. The van der Waals surface area contributed by atoms with E-state index < -0.39 is 8.07 Å². The maximum absolute atomic E-state index is 11.5. The molecule has 0 N–H and O–H groups in total.